The van der Waals surface area contributed by atoms with E-state index < -0.39 is 5.41 Å². The highest BCUT2D eigenvalue weighted by molar-refractivity contribution is 7.80. The van der Waals surface area contributed by atoms with Gasteiger partial charge in [-0.25, -0.2) is 5.10 Å². The van der Waals surface area contributed by atoms with Crippen molar-refractivity contribution < 1.29 is 9.53 Å². The van der Waals surface area contributed by atoms with E-state index in [2.05, 4.69) is 15.5 Å². The Labute approximate surface area is 114 Å². The number of amides is 1. The van der Waals surface area contributed by atoms with E-state index in [1.165, 1.54) is 12.1 Å². The molecule has 2 heterocycles. The van der Waals surface area contributed by atoms with Crippen LogP contribution in [0.2, 0.25) is 0 Å². The second-order valence-corrected chi connectivity index (χ2v) is 4.76. The van der Waals surface area contributed by atoms with Gasteiger partial charge in [0.25, 0.3) is 5.56 Å². The lowest BCUT2D eigenvalue weighted by Gasteiger charge is -2.34. The summed E-state index contributed by atoms with van der Waals surface area (Å²) in [7, 11) is 0. The van der Waals surface area contributed by atoms with Crippen molar-refractivity contribution in [3.05, 3.63) is 22.5 Å². The fourth-order valence-electron chi connectivity index (χ4n) is 1.96. The fourth-order valence-corrected chi connectivity index (χ4v) is 2.25. The molecule has 7 nitrogen and oxygen atoms in total. The molecule has 1 aliphatic rings. The Bertz CT molecular complexity index is 531. The molecule has 4 N–H and O–H groups in total. The average molecular weight is 282 g/mol. The molecule has 0 saturated carbocycles. The van der Waals surface area contributed by atoms with Crippen LogP contribution in [0.3, 0.4) is 0 Å². The third kappa shape index (κ3) is 2.79. The predicted molar refractivity (Wildman–Crippen MR) is 72.8 cm³/mol. The summed E-state index contributed by atoms with van der Waals surface area (Å²) in [6.45, 7) is 0.869. The zero-order valence-electron chi connectivity index (χ0n) is 10.1. The highest BCUT2D eigenvalue weighted by Crippen LogP contribution is 2.32. The van der Waals surface area contributed by atoms with Gasteiger partial charge in [0, 0.05) is 19.3 Å². The normalized spacial score (nSPS) is 17.7. The number of hydrogen-bond acceptors (Lipinski definition) is 5. The Kier molecular flexibility index (Phi) is 3.91. The van der Waals surface area contributed by atoms with Crippen LogP contribution in [0.25, 0.3) is 0 Å². The first-order valence-corrected chi connectivity index (χ1v) is 6.20. The highest BCUT2D eigenvalue weighted by Gasteiger charge is 2.43. The lowest BCUT2D eigenvalue weighted by molar-refractivity contribution is -0.126. The molecule has 2 rings (SSSR count). The number of carbonyl (C=O) groups excluding carboxylic acids is 1. The summed E-state index contributed by atoms with van der Waals surface area (Å²) in [5, 5.41) is 8.58. The van der Waals surface area contributed by atoms with Crippen LogP contribution >= 0.6 is 12.2 Å². The molecule has 1 saturated heterocycles. The highest BCUT2D eigenvalue weighted by atomic mass is 32.1. The molecule has 0 radical (unpaired) electrons. The number of aromatic amines is 1. The number of carbonyl (C=O) groups is 1. The van der Waals surface area contributed by atoms with E-state index in [0.29, 0.717) is 26.1 Å². The smallest absolute Gasteiger partial charge is 0.264 e. The van der Waals surface area contributed by atoms with E-state index in [9.17, 15) is 9.59 Å². The Morgan fingerprint density at radius 1 is 1.47 bits per heavy atom. The van der Waals surface area contributed by atoms with Gasteiger partial charge in [0.2, 0.25) is 5.91 Å². The zero-order valence-corrected chi connectivity index (χ0v) is 11.0. The first kappa shape index (κ1) is 13.6. The number of ether oxygens (including phenoxy) is 1. The molecule has 8 heteroatoms. The summed E-state index contributed by atoms with van der Waals surface area (Å²) in [5.74, 6) is -0.0606. The summed E-state index contributed by atoms with van der Waals surface area (Å²) < 4.78 is 5.23. The van der Waals surface area contributed by atoms with Gasteiger partial charge in [0.1, 0.15) is 5.41 Å². The van der Waals surface area contributed by atoms with Gasteiger partial charge < -0.3 is 15.8 Å². The standard InChI is InChI=1S/C11H14N4O3S/c12-9(19)11(3-5-18-6-4-11)10(17)13-7-1-2-8(16)15-14-7/h1-2H,3-6H2,(H2,12,19)(H,15,16)(H,13,14,17). The number of nitrogens with one attached hydrogen (secondary N) is 2. The molecule has 0 spiro atoms. The van der Waals surface area contributed by atoms with Crippen molar-refractivity contribution in [1.29, 1.82) is 0 Å². The van der Waals surface area contributed by atoms with E-state index >= 15 is 0 Å². The topological polar surface area (TPSA) is 110 Å². The van der Waals surface area contributed by atoms with Gasteiger partial charge in [0.05, 0.1) is 4.99 Å². The Balaban J connectivity index is 2.18. The van der Waals surface area contributed by atoms with E-state index in [1.54, 1.807) is 0 Å². The minimum Gasteiger partial charge on any atom is -0.392 e. The number of nitrogens with two attached hydrogens (primary N) is 1. The minimum absolute atomic E-state index is 0.151. The van der Waals surface area contributed by atoms with Gasteiger partial charge >= 0.3 is 0 Å². The molecular formula is C11H14N4O3S. The molecule has 1 aromatic rings. The first-order valence-electron chi connectivity index (χ1n) is 5.79. The number of anilines is 1. The van der Waals surface area contributed by atoms with Crippen molar-refractivity contribution in [3.63, 3.8) is 0 Å². The van der Waals surface area contributed by atoms with Gasteiger partial charge in [-0.05, 0) is 18.9 Å². The number of nitrogens with zero attached hydrogens (tertiary/aromatic N) is 1. The Morgan fingerprint density at radius 2 is 2.16 bits per heavy atom. The van der Waals surface area contributed by atoms with Crippen molar-refractivity contribution in [2.45, 2.75) is 12.8 Å². The van der Waals surface area contributed by atoms with Crippen molar-refractivity contribution >= 4 is 28.9 Å². The number of aromatic nitrogens is 2. The number of rotatable bonds is 3. The molecule has 1 aliphatic heterocycles. The van der Waals surface area contributed by atoms with E-state index in [4.69, 9.17) is 22.7 Å². The monoisotopic (exact) mass is 282 g/mol. The molecule has 0 bridgehead atoms. The maximum absolute atomic E-state index is 12.3. The Hall–Kier alpha value is -1.80. The maximum atomic E-state index is 12.3. The molecule has 1 aromatic heterocycles. The van der Waals surface area contributed by atoms with Crippen LogP contribution in [-0.4, -0.2) is 34.3 Å². The third-order valence-corrected chi connectivity index (χ3v) is 3.56. The van der Waals surface area contributed by atoms with E-state index in [-0.39, 0.29) is 22.3 Å². The molecular weight excluding hydrogens is 268 g/mol. The zero-order chi connectivity index (χ0) is 13.9. The molecule has 102 valence electrons. The van der Waals surface area contributed by atoms with E-state index in [0.717, 1.165) is 0 Å². The van der Waals surface area contributed by atoms with Crippen LogP contribution in [0.15, 0.2) is 16.9 Å². The average Bonchev–Trinajstić information content (AvgIpc) is 2.42. The molecule has 0 atom stereocenters. The van der Waals surface area contributed by atoms with Crippen molar-refractivity contribution in [2.24, 2.45) is 11.1 Å². The van der Waals surface area contributed by atoms with Gasteiger partial charge in [0.15, 0.2) is 5.82 Å². The second-order valence-electron chi connectivity index (χ2n) is 4.32. The van der Waals surface area contributed by atoms with Crippen molar-refractivity contribution in [3.8, 4) is 0 Å². The largest absolute Gasteiger partial charge is 0.392 e. The van der Waals surface area contributed by atoms with Gasteiger partial charge in [-0.3, -0.25) is 9.59 Å². The lowest BCUT2D eigenvalue weighted by atomic mass is 9.79. The SMILES string of the molecule is NC(=S)C1(C(=O)Nc2ccc(=O)[nH]n2)CCOCC1. The molecule has 0 aromatic carbocycles. The maximum Gasteiger partial charge on any atom is 0.264 e. The summed E-state index contributed by atoms with van der Waals surface area (Å²) >= 11 is 5.02. The molecule has 1 amide bonds. The van der Waals surface area contributed by atoms with Crippen molar-refractivity contribution in [2.75, 3.05) is 18.5 Å². The molecule has 19 heavy (non-hydrogen) atoms. The predicted octanol–water partition coefficient (Wildman–Crippen LogP) is -0.209. The molecule has 1 fully saturated rings. The summed E-state index contributed by atoms with van der Waals surface area (Å²) in [6.07, 6.45) is 0.884. The van der Waals surface area contributed by atoms with Crippen LogP contribution in [0, 0.1) is 5.41 Å². The Morgan fingerprint density at radius 3 is 2.68 bits per heavy atom. The van der Waals surface area contributed by atoms with Gasteiger partial charge in [-0.15, -0.1) is 0 Å². The van der Waals surface area contributed by atoms with Gasteiger partial charge in [-0.1, -0.05) is 12.2 Å². The molecule has 0 unspecified atom stereocenters. The van der Waals surface area contributed by atoms with Crippen LogP contribution < -0.4 is 16.6 Å². The summed E-state index contributed by atoms with van der Waals surface area (Å²) in [5.41, 5.74) is 4.47. The summed E-state index contributed by atoms with van der Waals surface area (Å²) in [4.78, 5) is 23.4. The number of H-pyrrole nitrogens is 1. The summed E-state index contributed by atoms with van der Waals surface area (Å²) in [6, 6.07) is 2.70. The molecule has 0 aliphatic carbocycles. The third-order valence-electron chi connectivity index (χ3n) is 3.17. The number of hydrogen-bond donors (Lipinski definition) is 3. The van der Waals surface area contributed by atoms with E-state index in [1.807, 2.05) is 0 Å². The lowest BCUT2D eigenvalue weighted by Crippen LogP contribution is -2.49. The second kappa shape index (κ2) is 5.45. The van der Waals surface area contributed by atoms with Crippen molar-refractivity contribution in [1.82, 2.24) is 10.2 Å². The van der Waals surface area contributed by atoms with Crippen LogP contribution in [-0.2, 0) is 9.53 Å². The van der Waals surface area contributed by atoms with Crippen LogP contribution in [0.1, 0.15) is 12.8 Å². The van der Waals surface area contributed by atoms with Crippen LogP contribution in [0.4, 0.5) is 5.82 Å². The van der Waals surface area contributed by atoms with Crippen LogP contribution in [0.5, 0.6) is 0 Å². The number of thiocarbonyl (C=S) groups is 1. The minimum atomic E-state index is -0.911. The quantitative estimate of drug-likeness (QED) is 0.662. The van der Waals surface area contributed by atoms with Gasteiger partial charge in [-0.2, -0.15) is 5.10 Å². The fraction of sp³-hybridized carbons (Fsp3) is 0.455. The first-order chi connectivity index (χ1) is 9.04.